The zero-order valence-electron chi connectivity index (χ0n) is 8.47. The average Bonchev–Trinajstić information content (AvgIpc) is 2.60. The molecule has 0 saturated carbocycles. The second kappa shape index (κ2) is 4.05. The minimum Gasteiger partial charge on any atom is -0.458 e. The second-order valence-corrected chi connectivity index (χ2v) is 4.31. The minimum absolute atomic E-state index is 0.159. The summed E-state index contributed by atoms with van der Waals surface area (Å²) in [6, 6.07) is 5.64. The predicted molar refractivity (Wildman–Crippen MR) is 63.7 cm³/mol. The van der Waals surface area contributed by atoms with Crippen LogP contribution in [-0.4, -0.2) is 7.05 Å². The number of hydrogen-bond donors (Lipinski definition) is 1. The van der Waals surface area contributed by atoms with Gasteiger partial charge in [0.2, 0.25) is 0 Å². The highest BCUT2D eigenvalue weighted by molar-refractivity contribution is 6.38. The van der Waals surface area contributed by atoms with Crippen LogP contribution < -0.4 is 5.32 Å². The zero-order valence-corrected chi connectivity index (χ0v) is 9.99. The molecule has 0 aliphatic heterocycles. The van der Waals surface area contributed by atoms with Gasteiger partial charge >= 0.3 is 0 Å². The first-order chi connectivity index (χ1) is 7.11. The fraction of sp³-hybridized carbons (Fsp3) is 0.273. The van der Waals surface area contributed by atoms with Gasteiger partial charge in [0.1, 0.15) is 5.76 Å². The van der Waals surface area contributed by atoms with Crippen molar-refractivity contribution >= 4 is 34.2 Å². The summed E-state index contributed by atoms with van der Waals surface area (Å²) in [6.45, 7) is 2.02. The average molecular weight is 244 g/mol. The summed E-state index contributed by atoms with van der Waals surface area (Å²) >= 11 is 11.9. The van der Waals surface area contributed by atoms with Crippen molar-refractivity contribution in [2.45, 2.75) is 13.0 Å². The van der Waals surface area contributed by atoms with E-state index < -0.39 is 0 Å². The van der Waals surface area contributed by atoms with Gasteiger partial charge in [0, 0.05) is 10.4 Å². The van der Waals surface area contributed by atoms with Gasteiger partial charge < -0.3 is 9.73 Å². The summed E-state index contributed by atoms with van der Waals surface area (Å²) in [4.78, 5) is 0. The molecule has 1 atom stereocenters. The number of nitrogens with one attached hydrogen (secondary N) is 1. The van der Waals surface area contributed by atoms with Crippen LogP contribution >= 0.6 is 23.2 Å². The maximum absolute atomic E-state index is 6.02. The molecule has 2 nitrogen and oxygen atoms in total. The third kappa shape index (κ3) is 1.98. The van der Waals surface area contributed by atoms with E-state index in [4.69, 9.17) is 27.6 Å². The Hall–Kier alpha value is -0.700. The molecule has 80 valence electrons. The first kappa shape index (κ1) is 10.8. The second-order valence-electron chi connectivity index (χ2n) is 3.47. The quantitative estimate of drug-likeness (QED) is 0.862. The third-order valence-electron chi connectivity index (χ3n) is 2.41. The number of halogens is 2. The lowest BCUT2D eigenvalue weighted by Crippen LogP contribution is -2.10. The normalized spacial score (nSPS) is 13.3. The van der Waals surface area contributed by atoms with Crippen molar-refractivity contribution in [3.63, 3.8) is 0 Å². The molecule has 4 heteroatoms. The highest BCUT2D eigenvalue weighted by Gasteiger charge is 2.12. The summed E-state index contributed by atoms with van der Waals surface area (Å²) in [7, 11) is 1.88. The van der Waals surface area contributed by atoms with E-state index in [1.165, 1.54) is 0 Å². The van der Waals surface area contributed by atoms with Gasteiger partial charge in [-0.2, -0.15) is 0 Å². The molecule has 0 fully saturated rings. The van der Waals surface area contributed by atoms with E-state index in [0.717, 1.165) is 11.1 Å². The lowest BCUT2D eigenvalue weighted by molar-refractivity contribution is 0.475. The Balaban J connectivity index is 2.60. The molecule has 0 amide bonds. The highest BCUT2D eigenvalue weighted by Crippen LogP contribution is 2.32. The van der Waals surface area contributed by atoms with Gasteiger partial charge in [-0.05, 0) is 32.2 Å². The maximum atomic E-state index is 6.02. The fourth-order valence-electron chi connectivity index (χ4n) is 1.45. The summed E-state index contributed by atoms with van der Waals surface area (Å²) in [5.41, 5.74) is 0.693. The molecule has 1 aromatic heterocycles. The third-order valence-corrected chi connectivity index (χ3v) is 2.91. The van der Waals surface area contributed by atoms with Crippen LogP contribution in [0.1, 0.15) is 18.7 Å². The Morgan fingerprint density at radius 3 is 2.67 bits per heavy atom. The van der Waals surface area contributed by atoms with E-state index in [1.807, 2.05) is 26.1 Å². The van der Waals surface area contributed by atoms with Crippen molar-refractivity contribution in [2.24, 2.45) is 0 Å². The van der Waals surface area contributed by atoms with E-state index in [0.29, 0.717) is 15.6 Å². The van der Waals surface area contributed by atoms with Gasteiger partial charge in [-0.25, -0.2) is 0 Å². The molecular weight excluding hydrogens is 233 g/mol. The van der Waals surface area contributed by atoms with Crippen molar-refractivity contribution in [2.75, 3.05) is 7.05 Å². The fourth-order valence-corrected chi connectivity index (χ4v) is 2.00. The number of benzene rings is 1. The number of furan rings is 1. The molecule has 0 saturated heterocycles. The molecule has 1 N–H and O–H groups in total. The predicted octanol–water partition coefficient (Wildman–Crippen LogP) is 4.02. The van der Waals surface area contributed by atoms with E-state index in [-0.39, 0.29) is 6.04 Å². The van der Waals surface area contributed by atoms with Gasteiger partial charge in [-0.3, -0.25) is 0 Å². The molecule has 0 radical (unpaired) electrons. The Labute approximate surface area is 98.2 Å². The van der Waals surface area contributed by atoms with Gasteiger partial charge in [-0.15, -0.1) is 0 Å². The van der Waals surface area contributed by atoms with Crippen molar-refractivity contribution in [1.29, 1.82) is 0 Å². The van der Waals surface area contributed by atoms with Crippen LogP contribution in [-0.2, 0) is 0 Å². The molecule has 0 aliphatic carbocycles. The number of hydrogen-bond acceptors (Lipinski definition) is 2. The van der Waals surface area contributed by atoms with Crippen molar-refractivity contribution < 1.29 is 4.42 Å². The van der Waals surface area contributed by atoms with Gasteiger partial charge in [-0.1, -0.05) is 23.2 Å². The maximum Gasteiger partial charge on any atom is 0.153 e. The lowest BCUT2D eigenvalue weighted by Gasteiger charge is -2.04. The zero-order chi connectivity index (χ0) is 11.0. The summed E-state index contributed by atoms with van der Waals surface area (Å²) in [5, 5.41) is 5.21. The van der Waals surface area contributed by atoms with Gasteiger partial charge in [0.25, 0.3) is 0 Å². The Morgan fingerprint density at radius 2 is 2.00 bits per heavy atom. The van der Waals surface area contributed by atoms with E-state index >= 15 is 0 Å². The van der Waals surface area contributed by atoms with Crippen LogP contribution in [0.25, 0.3) is 11.0 Å². The Kier molecular flexibility index (Phi) is 2.91. The van der Waals surface area contributed by atoms with Crippen LogP contribution in [0, 0.1) is 0 Å². The van der Waals surface area contributed by atoms with E-state index in [9.17, 15) is 0 Å². The molecule has 15 heavy (non-hydrogen) atoms. The van der Waals surface area contributed by atoms with Crippen LogP contribution in [0.5, 0.6) is 0 Å². The summed E-state index contributed by atoms with van der Waals surface area (Å²) < 4.78 is 5.65. The first-order valence-electron chi connectivity index (χ1n) is 4.67. The molecule has 1 heterocycles. The molecule has 1 unspecified atom stereocenters. The molecule has 2 aromatic rings. The molecule has 0 aliphatic rings. The minimum atomic E-state index is 0.159. The molecule has 1 aromatic carbocycles. The first-order valence-corrected chi connectivity index (χ1v) is 5.43. The smallest absolute Gasteiger partial charge is 0.153 e. The largest absolute Gasteiger partial charge is 0.458 e. The monoisotopic (exact) mass is 243 g/mol. The van der Waals surface area contributed by atoms with Crippen LogP contribution in [0.2, 0.25) is 10.0 Å². The van der Waals surface area contributed by atoms with Crippen molar-refractivity contribution in [1.82, 2.24) is 5.32 Å². The topological polar surface area (TPSA) is 25.2 Å². The van der Waals surface area contributed by atoms with E-state index in [1.54, 1.807) is 6.07 Å². The number of fused-ring (bicyclic) bond motifs is 1. The summed E-state index contributed by atoms with van der Waals surface area (Å²) in [6.07, 6.45) is 0. The van der Waals surface area contributed by atoms with Crippen LogP contribution in [0.3, 0.4) is 0 Å². The van der Waals surface area contributed by atoms with Crippen molar-refractivity contribution in [3.8, 4) is 0 Å². The van der Waals surface area contributed by atoms with Crippen LogP contribution in [0.4, 0.5) is 0 Å². The molecular formula is C11H11Cl2NO. The lowest BCUT2D eigenvalue weighted by atomic mass is 10.2. The Bertz CT molecular complexity index is 493. The van der Waals surface area contributed by atoms with Gasteiger partial charge in [0.05, 0.1) is 11.1 Å². The molecule has 0 spiro atoms. The van der Waals surface area contributed by atoms with Gasteiger partial charge in [0.15, 0.2) is 5.58 Å². The molecule has 0 bridgehead atoms. The molecule has 2 rings (SSSR count). The van der Waals surface area contributed by atoms with Crippen molar-refractivity contribution in [3.05, 3.63) is 34.0 Å². The Morgan fingerprint density at radius 1 is 1.27 bits per heavy atom. The standard InChI is InChI=1S/C11H11Cl2NO/c1-6(14-2)10-4-7-3-8(12)5-9(13)11(7)15-10/h3-6,14H,1-2H3. The highest BCUT2D eigenvalue weighted by atomic mass is 35.5. The summed E-state index contributed by atoms with van der Waals surface area (Å²) in [5.74, 6) is 0.858. The van der Waals surface area contributed by atoms with Crippen LogP contribution in [0.15, 0.2) is 22.6 Å². The number of rotatable bonds is 2. The van der Waals surface area contributed by atoms with E-state index in [2.05, 4.69) is 5.32 Å². The SMILES string of the molecule is CNC(C)c1cc2cc(Cl)cc(Cl)c2o1.